The molecule has 1 aliphatic carbocycles. The monoisotopic (exact) mass is 337 g/mol. The molecule has 1 aromatic carbocycles. The molecule has 2 atom stereocenters. The zero-order valence-corrected chi connectivity index (χ0v) is 15.4. The van der Waals surface area contributed by atoms with Crippen molar-refractivity contribution in [2.75, 3.05) is 43.9 Å². The highest BCUT2D eigenvalue weighted by atomic mass is 15.3. The van der Waals surface area contributed by atoms with Crippen LogP contribution in [0.3, 0.4) is 0 Å². The molecule has 0 spiro atoms. The molecule has 5 nitrogen and oxygen atoms in total. The minimum atomic E-state index is 0.468. The second-order valence-corrected chi connectivity index (χ2v) is 7.35. The van der Waals surface area contributed by atoms with E-state index in [0.717, 1.165) is 43.5 Å². The molecule has 2 bridgehead atoms. The molecule has 2 aliphatic rings. The van der Waals surface area contributed by atoms with Crippen LogP contribution in [0.15, 0.2) is 30.3 Å². The van der Waals surface area contributed by atoms with Gasteiger partial charge in [0.25, 0.3) is 0 Å². The van der Waals surface area contributed by atoms with Crippen molar-refractivity contribution >= 4 is 11.8 Å². The molecule has 0 radical (unpaired) electrons. The molecule has 1 aromatic heterocycles. The van der Waals surface area contributed by atoms with Crippen LogP contribution in [0.4, 0.5) is 11.8 Å². The van der Waals surface area contributed by atoms with E-state index in [-0.39, 0.29) is 0 Å². The molecule has 4 rings (SSSR count). The molecule has 1 fully saturated rings. The molecule has 1 N–H and O–H groups in total. The average Bonchev–Trinajstić information content (AvgIpc) is 3.21. The highest BCUT2D eigenvalue weighted by molar-refractivity contribution is 5.55. The van der Waals surface area contributed by atoms with Crippen LogP contribution in [-0.2, 0) is 6.42 Å². The lowest BCUT2D eigenvalue weighted by Crippen LogP contribution is -2.28. The van der Waals surface area contributed by atoms with Crippen molar-refractivity contribution in [1.82, 2.24) is 14.9 Å². The summed E-state index contributed by atoms with van der Waals surface area (Å²) >= 11 is 0. The number of likely N-dealkylation sites (N-methyl/N-ethyl adjacent to an activating group) is 1. The van der Waals surface area contributed by atoms with Crippen LogP contribution in [0.5, 0.6) is 0 Å². The Labute approximate surface area is 150 Å². The van der Waals surface area contributed by atoms with E-state index in [0.29, 0.717) is 12.0 Å². The summed E-state index contributed by atoms with van der Waals surface area (Å²) in [5.41, 5.74) is 4.13. The number of benzene rings is 1. The van der Waals surface area contributed by atoms with Crippen molar-refractivity contribution in [1.29, 1.82) is 0 Å². The third-order valence-corrected chi connectivity index (χ3v) is 5.36. The van der Waals surface area contributed by atoms with Gasteiger partial charge in [0, 0.05) is 37.3 Å². The van der Waals surface area contributed by atoms with Crippen LogP contribution in [0.2, 0.25) is 0 Å². The summed E-state index contributed by atoms with van der Waals surface area (Å²) in [4.78, 5) is 14.1. The van der Waals surface area contributed by atoms with E-state index in [1.165, 1.54) is 17.5 Å². The van der Waals surface area contributed by atoms with E-state index >= 15 is 0 Å². The van der Waals surface area contributed by atoms with Gasteiger partial charge >= 0.3 is 0 Å². The number of nitrogens with zero attached hydrogens (tertiary/aromatic N) is 4. The SMILES string of the molecule is CCc1cc(N2C[C@H]3C[C@H]2c2ccccc23)nc(NCCN(C)C)n1. The van der Waals surface area contributed by atoms with Crippen molar-refractivity contribution in [3.05, 3.63) is 47.2 Å². The number of anilines is 2. The molecule has 1 aliphatic heterocycles. The Balaban J connectivity index is 1.58. The average molecular weight is 337 g/mol. The van der Waals surface area contributed by atoms with Crippen molar-refractivity contribution in [3.8, 4) is 0 Å². The van der Waals surface area contributed by atoms with E-state index < -0.39 is 0 Å². The van der Waals surface area contributed by atoms with Gasteiger partial charge in [-0.3, -0.25) is 0 Å². The Kier molecular flexibility index (Phi) is 4.34. The maximum atomic E-state index is 4.84. The third kappa shape index (κ3) is 3.09. The molecule has 132 valence electrons. The van der Waals surface area contributed by atoms with E-state index in [1.54, 1.807) is 0 Å². The Morgan fingerprint density at radius 1 is 1.20 bits per heavy atom. The molecule has 0 saturated carbocycles. The van der Waals surface area contributed by atoms with E-state index in [2.05, 4.69) is 71.5 Å². The van der Waals surface area contributed by atoms with Gasteiger partial charge in [-0.1, -0.05) is 31.2 Å². The highest BCUT2D eigenvalue weighted by Crippen LogP contribution is 2.51. The van der Waals surface area contributed by atoms with Gasteiger partial charge in [-0.15, -0.1) is 0 Å². The maximum absolute atomic E-state index is 4.84. The van der Waals surface area contributed by atoms with Gasteiger partial charge in [0.05, 0.1) is 6.04 Å². The number of aromatic nitrogens is 2. The molecule has 25 heavy (non-hydrogen) atoms. The minimum absolute atomic E-state index is 0.468. The summed E-state index contributed by atoms with van der Waals surface area (Å²) in [7, 11) is 4.16. The van der Waals surface area contributed by atoms with Gasteiger partial charge in [-0.05, 0) is 38.1 Å². The van der Waals surface area contributed by atoms with Crippen molar-refractivity contribution in [2.45, 2.75) is 31.7 Å². The topological polar surface area (TPSA) is 44.3 Å². The minimum Gasteiger partial charge on any atom is -0.353 e. The lowest BCUT2D eigenvalue weighted by atomic mass is 9.99. The Hall–Kier alpha value is -2.14. The molecule has 0 amide bonds. The van der Waals surface area contributed by atoms with Gasteiger partial charge in [-0.25, -0.2) is 4.98 Å². The predicted octanol–water partition coefficient (Wildman–Crippen LogP) is 3.06. The fourth-order valence-electron chi connectivity index (χ4n) is 4.08. The van der Waals surface area contributed by atoms with Gasteiger partial charge in [0.15, 0.2) is 0 Å². The molecule has 1 saturated heterocycles. The Morgan fingerprint density at radius 3 is 2.76 bits per heavy atom. The molecular formula is C20H27N5. The lowest BCUT2D eigenvalue weighted by molar-refractivity contribution is 0.425. The number of hydrogen-bond donors (Lipinski definition) is 1. The van der Waals surface area contributed by atoms with Crippen LogP contribution >= 0.6 is 0 Å². The first kappa shape index (κ1) is 16.3. The standard InChI is InChI=1S/C20H27N5/c1-4-15-12-19(23-20(22-15)21-9-10-24(2)3)25-13-14-11-18(25)17-8-6-5-7-16(14)17/h5-8,12,14,18H,4,9-11,13H2,1-3H3,(H,21,22,23)/t14-,18+/m1/s1. The van der Waals surface area contributed by atoms with Crippen LogP contribution in [0, 0.1) is 0 Å². The number of rotatable bonds is 6. The molecule has 5 heteroatoms. The molecule has 2 heterocycles. The van der Waals surface area contributed by atoms with Gasteiger partial charge in [0.2, 0.25) is 5.95 Å². The number of aryl methyl sites for hydroxylation is 1. The zero-order valence-electron chi connectivity index (χ0n) is 15.4. The summed E-state index contributed by atoms with van der Waals surface area (Å²) in [6, 6.07) is 11.5. The maximum Gasteiger partial charge on any atom is 0.224 e. The lowest BCUT2D eigenvalue weighted by Gasteiger charge is -2.30. The zero-order chi connectivity index (χ0) is 17.4. The second kappa shape index (κ2) is 6.64. The first-order chi connectivity index (χ1) is 12.2. The normalized spacial score (nSPS) is 21.0. The highest BCUT2D eigenvalue weighted by Gasteiger charge is 2.42. The smallest absolute Gasteiger partial charge is 0.224 e. The summed E-state index contributed by atoms with van der Waals surface area (Å²) in [6.07, 6.45) is 2.14. The van der Waals surface area contributed by atoms with Crippen molar-refractivity contribution in [2.24, 2.45) is 0 Å². The summed E-state index contributed by atoms with van der Waals surface area (Å²) in [6.45, 7) is 5.05. The quantitative estimate of drug-likeness (QED) is 0.878. The van der Waals surface area contributed by atoms with Crippen LogP contribution in [-0.4, -0.2) is 48.6 Å². The largest absolute Gasteiger partial charge is 0.353 e. The van der Waals surface area contributed by atoms with Crippen LogP contribution < -0.4 is 10.2 Å². The summed E-state index contributed by atoms with van der Waals surface area (Å²) in [5, 5.41) is 3.39. The van der Waals surface area contributed by atoms with E-state index in [4.69, 9.17) is 4.98 Å². The summed E-state index contributed by atoms with van der Waals surface area (Å²) in [5.74, 6) is 2.47. The molecule has 2 aromatic rings. The number of hydrogen-bond acceptors (Lipinski definition) is 5. The number of fused-ring (bicyclic) bond motifs is 5. The van der Waals surface area contributed by atoms with Crippen molar-refractivity contribution < 1.29 is 0 Å². The predicted molar refractivity (Wildman–Crippen MR) is 102 cm³/mol. The van der Waals surface area contributed by atoms with Gasteiger partial charge in [0.1, 0.15) is 5.82 Å². The van der Waals surface area contributed by atoms with E-state index in [9.17, 15) is 0 Å². The van der Waals surface area contributed by atoms with Gasteiger partial charge in [-0.2, -0.15) is 4.98 Å². The number of nitrogens with one attached hydrogen (secondary N) is 1. The van der Waals surface area contributed by atoms with E-state index in [1.807, 2.05) is 0 Å². The Bertz CT molecular complexity index is 758. The summed E-state index contributed by atoms with van der Waals surface area (Å²) < 4.78 is 0. The Morgan fingerprint density at radius 2 is 2.00 bits per heavy atom. The first-order valence-corrected chi connectivity index (χ1v) is 9.27. The molecular weight excluding hydrogens is 310 g/mol. The first-order valence-electron chi connectivity index (χ1n) is 9.27. The van der Waals surface area contributed by atoms with Gasteiger partial charge < -0.3 is 15.1 Å². The third-order valence-electron chi connectivity index (χ3n) is 5.36. The fourth-order valence-corrected chi connectivity index (χ4v) is 4.08. The van der Waals surface area contributed by atoms with Crippen LogP contribution in [0.1, 0.15) is 42.1 Å². The second-order valence-electron chi connectivity index (χ2n) is 7.35. The molecule has 0 unspecified atom stereocenters. The van der Waals surface area contributed by atoms with Crippen LogP contribution in [0.25, 0.3) is 0 Å². The van der Waals surface area contributed by atoms with Crippen molar-refractivity contribution in [3.63, 3.8) is 0 Å². The fraction of sp³-hybridized carbons (Fsp3) is 0.500.